The number of hydrogen-bond donors (Lipinski definition) is 1. The molecular weight excluding hydrogens is 250 g/mol. The van der Waals surface area contributed by atoms with Gasteiger partial charge in [0.2, 0.25) is 0 Å². The average molecular weight is 265 g/mol. The molecule has 0 aliphatic carbocycles. The first kappa shape index (κ1) is 12.9. The lowest BCUT2D eigenvalue weighted by Crippen LogP contribution is -2.39. The quantitative estimate of drug-likeness (QED) is 0.904. The van der Waals surface area contributed by atoms with Crippen molar-refractivity contribution in [1.82, 2.24) is 4.31 Å². The lowest BCUT2D eigenvalue weighted by atomic mass is 10.2. The lowest BCUT2D eigenvalue weighted by Gasteiger charge is -2.26. The largest absolute Gasteiger partial charge is 0.301 e. The zero-order valence-electron chi connectivity index (χ0n) is 9.96. The van der Waals surface area contributed by atoms with Gasteiger partial charge in [0, 0.05) is 13.1 Å². The van der Waals surface area contributed by atoms with E-state index < -0.39 is 10.2 Å². The van der Waals surface area contributed by atoms with Crippen LogP contribution in [0.25, 0.3) is 0 Å². The van der Waals surface area contributed by atoms with E-state index in [1.807, 2.05) is 6.07 Å². The van der Waals surface area contributed by atoms with Crippen LogP contribution in [0, 0.1) is 11.3 Å². The second-order valence-electron chi connectivity index (χ2n) is 4.26. The Morgan fingerprint density at radius 2 is 1.94 bits per heavy atom. The predicted octanol–water partition coefficient (Wildman–Crippen LogP) is 1.70. The minimum atomic E-state index is -3.49. The van der Waals surface area contributed by atoms with Gasteiger partial charge in [-0.2, -0.15) is 18.0 Å². The van der Waals surface area contributed by atoms with Crippen molar-refractivity contribution in [2.45, 2.75) is 19.3 Å². The molecule has 1 aromatic carbocycles. The summed E-state index contributed by atoms with van der Waals surface area (Å²) >= 11 is 0. The summed E-state index contributed by atoms with van der Waals surface area (Å²) in [5.41, 5.74) is 0.869. The van der Waals surface area contributed by atoms with Crippen LogP contribution in [0.1, 0.15) is 24.8 Å². The summed E-state index contributed by atoms with van der Waals surface area (Å²) in [4.78, 5) is 0. The monoisotopic (exact) mass is 265 g/mol. The molecule has 0 aromatic heterocycles. The van der Waals surface area contributed by atoms with E-state index in [1.165, 1.54) is 10.4 Å². The van der Waals surface area contributed by atoms with E-state index in [-0.39, 0.29) is 0 Å². The molecule has 1 saturated heterocycles. The van der Waals surface area contributed by atoms with Gasteiger partial charge in [0.05, 0.1) is 17.3 Å². The average Bonchev–Trinajstić information content (AvgIpc) is 2.39. The van der Waals surface area contributed by atoms with Crippen LogP contribution in [0.4, 0.5) is 5.69 Å². The fourth-order valence-corrected chi connectivity index (χ4v) is 3.26. The molecule has 0 saturated carbocycles. The number of rotatable bonds is 3. The Morgan fingerprint density at radius 3 is 2.61 bits per heavy atom. The van der Waals surface area contributed by atoms with Gasteiger partial charge < -0.3 is 0 Å². The van der Waals surface area contributed by atoms with Crippen molar-refractivity contribution in [2.24, 2.45) is 0 Å². The van der Waals surface area contributed by atoms with Gasteiger partial charge in [-0.3, -0.25) is 4.72 Å². The number of nitriles is 1. The Hall–Kier alpha value is -1.58. The third kappa shape index (κ3) is 3.00. The van der Waals surface area contributed by atoms with E-state index in [4.69, 9.17) is 5.26 Å². The van der Waals surface area contributed by atoms with Crippen LogP contribution in [0.3, 0.4) is 0 Å². The SMILES string of the molecule is N#Cc1cccc(NS(=O)(=O)N2CCCCC2)c1. The standard InChI is InChI=1S/C12H15N3O2S/c13-10-11-5-4-6-12(9-11)14-18(16,17)15-7-2-1-3-8-15/h4-6,9,14H,1-3,7-8H2. The van der Waals surface area contributed by atoms with Crippen molar-refractivity contribution in [1.29, 1.82) is 5.26 Å². The normalized spacial score (nSPS) is 17.1. The van der Waals surface area contributed by atoms with Crippen LogP contribution in [0.2, 0.25) is 0 Å². The van der Waals surface area contributed by atoms with Crippen molar-refractivity contribution < 1.29 is 8.42 Å². The summed E-state index contributed by atoms with van der Waals surface area (Å²) in [5.74, 6) is 0. The fourth-order valence-electron chi connectivity index (χ4n) is 1.97. The van der Waals surface area contributed by atoms with Crippen molar-refractivity contribution in [2.75, 3.05) is 17.8 Å². The number of hydrogen-bond acceptors (Lipinski definition) is 3. The predicted molar refractivity (Wildman–Crippen MR) is 69.1 cm³/mol. The molecule has 1 fully saturated rings. The number of nitrogens with zero attached hydrogens (tertiary/aromatic N) is 2. The van der Waals surface area contributed by atoms with Gasteiger partial charge in [0.15, 0.2) is 0 Å². The molecule has 5 nitrogen and oxygen atoms in total. The van der Waals surface area contributed by atoms with E-state index in [2.05, 4.69) is 4.72 Å². The van der Waals surface area contributed by atoms with E-state index in [0.29, 0.717) is 24.3 Å². The third-order valence-electron chi connectivity index (χ3n) is 2.89. The van der Waals surface area contributed by atoms with Crippen molar-refractivity contribution >= 4 is 15.9 Å². The van der Waals surface area contributed by atoms with E-state index in [0.717, 1.165) is 19.3 Å². The van der Waals surface area contributed by atoms with Gasteiger partial charge in [0.1, 0.15) is 0 Å². The lowest BCUT2D eigenvalue weighted by molar-refractivity contribution is 0.349. The summed E-state index contributed by atoms with van der Waals surface area (Å²) in [6.07, 6.45) is 2.88. The second kappa shape index (κ2) is 5.38. The van der Waals surface area contributed by atoms with E-state index >= 15 is 0 Å². The van der Waals surface area contributed by atoms with E-state index in [1.54, 1.807) is 18.2 Å². The van der Waals surface area contributed by atoms with Crippen LogP contribution >= 0.6 is 0 Å². The fraction of sp³-hybridized carbons (Fsp3) is 0.417. The third-order valence-corrected chi connectivity index (χ3v) is 4.43. The summed E-state index contributed by atoms with van der Waals surface area (Å²) in [6, 6.07) is 8.45. The highest BCUT2D eigenvalue weighted by atomic mass is 32.2. The highest BCUT2D eigenvalue weighted by Gasteiger charge is 2.23. The van der Waals surface area contributed by atoms with Gasteiger partial charge in [0.25, 0.3) is 0 Å². The van der Waals surface area contributed by atoms with Gasteiger partial charge in [-0.1, -0.05) is 12.5 Å². The second-order valence-corrected chi connectivity index (χ2v) is 5.93. The molecule has 1 aliphatic rings. The smallest absolute Gasteiger partial charge is 0.271 e. The number of piperidine rings is 1. The molecule has 1 aliphatic heterocycles. The molecule has 18 heavy (non-hydrogen) atoms. The Balaban J connectivity index is 2.14. The Labute approximate surface area is 107 Å². The summed E-state index contributed by atoms with van der Waals surface area (Å²) in [6.45, 7) is 1.13. The maximum absolute atomic E-state index is 12.1. The summed E-state index contributed by atoms with van der Waals surface area (Å²) in [7, 11) is -3.49. The first-order valence-corrected chi connectivity index (χ1v) is 7.34. The maximum Gasteiger partial charge on any atom is 0.301 e. The van der Waals surface area contributed by atoms with Crippen LogP contribution < -0.4 is 4.72 Å². The Kier molecular flexibility index (Phi) is 3.84. The Morgan fingerprint density at radius 1 is 1.22 bits per heavy atom. The highest BCUT2D eigenvalue weighted by molar-refractivity contribution is 7.90. The van der Waals surface area contributed by atoms with Gasteiger partial charge >= 0.3 is 10.2 Å². The maximum atomic E-state index is 12.1. The van der Waals surface area contributed by atoms with Crippen LogP contribution in [-0.4, -0.2) is 25.8 Å². The first-order valence-electron chi connectivity index (χ1n) is 5.90. The van der Waals surface area contributed by atoms with Gasteiger partial charge in [-0.25, -0.2) is 0 Å². The molecule has 6 heteroatoms. The molecule has 0 spiro atoms. The molecule has 1 aromatic rings. The molecule has 1 heterocycles. The highest BCUT2D eigenvalue weighted by Crippen LogP contribution is 2.17. The van der Waals surface area contributed by atoms with Crippen LogP contribution in [-0.2, 0) is 10.2 Å². The molecule has 0 radical (unpaired) electrons. The molecule has 96 valence electrons. The van der Waals surface area contributed by atoms with Crippen LogP contribution in [0.5, 0.6) is 0 Å². The zero-order valence-corrected chi connectivity index (χ0v) is 10.8. The van der Waals surface area contributed by atoms with Crippen molar-refractivity contribution in [3.8, 4) is 6.07 Å². The number of nitrogens with one attached hydrogen (secondary N) is 1. The Bertz CT molecular complexity index is 557. The minimum absolute atomic E-state index is 0.430. The van der Waals surface area contributed by atoms with Crippen molar-refractivity contribution in [3.63, 3.8) is 0 Å². The molecule has 1 N–H and O–H groups in total. The molecule has 0 amide bonds. The molecule has 0 unspecified atom stereocenters. The first-order chi connectivity index (χ1) is 8.62. The number of benzene rings is 1. The summed E-state index contributed by atoms with van der Waals surface area (Å²) in [5, 5.41) is 8.77. The molecule has 0 bridgehead atoms. The number of anilines is 1. The van der Waals surface area contributed by atoms with E-state index in [9.17, 15) is 8.42 Å². The zero-order chi connectivity index (χ0) is 13.0. The summed E-state index contributed by atoms with van der Waals surface area (Å²) < 4.78 is 28.1. The van der Waals surface area contributed by atoms with Gasteiger partial charge in [-0.15, -0.1) is 0 Å². The minimum Gasteiger partial charge on any atom is -0.271 e. The topological polar surface area (TPSA) is 73.2 Å². The van der Waals surface area contributed by atoms with Crippen molar-refractivity contribution in [3.05, 3.63) is 29.8 Å². The van der Waals surface area contributed by atoms with Gasteiger partial charge in [-0.05, 0) is 31.0 Å². The van der Waals surface area contributed by atoms with Crippen LogP contribution in [0.15, 0.2) is 24.3 Å². The molecular formula is C12H15N3O2S. The molecule has 0 atom stereocenters. The molecule has 2 rings (SSSR count).